The van der Waals surface area contributed by atoms with E-state index in [1.807, 2.05) is 0 Å². The zero-order chi connectivity index (χ0) is 25.0. The first-order valence-electron chi connectivity index (χ1n) is 9.99. The van der Waals surface area contributed by atoms with E-state index in [-0.39, 0.29) is 23.7 Å². The number of anilines is 1. The van der Waals surface area contributed by atoms with Crippen molar-refractivity contribution in [3.63, 3.8) is 0 Å². The predicted molar refractivity (Wildman–Crippen MR) is 115 cm³/mol. The molecule has 0 aliphatic carbocycles. The number of nitrogens with zero attached hydrogens (tertiary/aromatic N) is 1. The average Bonchev–Trinajstić information content (AvgIpc) is 3.19. The van der Waals surface area contributed by atoms with E-state index >= 15 is 0 Å². The Balaban J connectivity index is 1.42. The summed E-state index contributed by atoms with van der Waals surface area (Å²) in [5, 5.41) is 9.91. The van der Waals surface area contributed by atoms with Crippen LogP contribution in [0.25, 0.3) is 10.9 Å². The molecule has 0 bridgehead atoms. The van der Waals surface area contributed by atoms with Gasteiger partial charge in [-0.15, -0.1) is 13.2 Å². The summed E-state index contributed by atoms with van der Waals surface area (Å²) in [4.78, 5) is 12.5. The van der Waals surface area contributed by atoms with Gasteiger partial charge in [0.15, 0.2) is 5.82 Å². The monoisotopic (exact) mass is 493 g/mol. The van der Waals surface area contributed by atoms with Crippen LogP contribution in [-0.2, 0) is 6.61 Å². The van der Waals surface area contributed by atoms with Gasteiger partial charge in [0.1, 0.15) is 23.9 Å². The van der Waals surface area contributed by atoms with Crippen LogP contribution in [0.4, 0.5) is 27.8 Å². The molecule has 0 saturated carbocycles. The summed E-state index contributed by atoms with van der Waals surface area (Å²) in [6, 6.07) is 15.5. The minimum Gasteiger partial charge on any atom is -0.489 e. The molecule has 3 aromatic carbocycles. The van der Waals surface area contributed by atoms with Crippen LogP contribution >= 0.6 is 0 Å². The predicted octanol–water partition coefficient (Wildman–Crippen LogP) is 5.89. The Morgan fingerprint density at radius 1 is 1.00 bits per heavy atom. The Bertz CT molecular complexity index is 1320. The van der Waals surface area contributed by atoms with E-state index in [0.717, 1.165) is 12.1 Å². The molecule has 2 N–H and O–H groups in total. The number of nitrogens with one attached hydrogen (secondary N) is 2. The number of carbonyl (C=O) groups is 1. The van der Waals surface area contributed by atoms with Crippen LogP contribution in [0.3, 0.4) is 0 Å². The van der Waals surface area contributed by atoms with E-state index in [0.29, 0.717) is 22.2 Å². The second-order valence-corrected chi connectivity index (χ2v) is 7.08. The molecule has 1 amide bonds. The van der Waals surface area contributed by atoms with E-state index in [1.165, 1.54) is 18.2 Å². The van der Waals surface area contributed by atoms with Crippen LogP contribution in [0.15, 0.2) is 66.7 Å². The maximum Gasteiger partial charge on any atom is 0.573 e. The van der Waals surface area contributed by atoms with E-state index in [9.17, 15) is 26.7 Å². The fourth-order valence-electron chi connectivity index (χ4n) is 3.17. The van der Waals surface area contributed by atoms with Gasteiger partial charge >= 0.3 is 13.0 Å². The van der Waals surface area contributed by atoms with Crippen molar-refractivity contribution in [1.29, 1.82) is 0 Å². The van der Waals surface area contributed by atoms with E-state index in [1.54, 1.807) is 36.4 Å². The van der Waals surface area contributed by atoms with Crippen molar-refractivity contribution in [2.24, 2.45) is 0 Å². The lowest BCUT2D eigenvalue weighted by molar-refractivity contribution is -0.274. The first-order chi connectivity index (χ1) is 16.7. The molecule has 0 radical (unpaired) electrons. The highest BCUT2D eigenvalue weighted by molar-refractivity contribution is 6.08. The van der Waals surface area contributed by atoms with Crippen molar-refractivity contribution in [3.8, 4) is 17.2 Å². The lowest BCUT2D eigenvalue weighted by atomic mass is 10.2. The number of hydrogen-bond acceptors (Lipinski definition) is 5. The van der Waals surface area contributed by atoms with Crippen molar-refractivity contribution in [2.45, 2.75) is 19.6 Å². The van der Waals surface area contributed by atoms with Gasteiger partial charge in [0.05, 0.1) is 5.52 Å². The summed E-state index contributed by atoms with van der Waals surface area (Å²) in [5.74, 6) is -0.426. The third-order valence-electron chi connectivity index (χ3n) is 4.70. The molecular formula is C23H16F5N3O4. The largest absolute Gasteiger partial charge is 0.573 e. The summed E-state index contributed by atoms with van der Waals surface area (Å²) in [6.45, 7) is -2.99. The summed E-state index contributed by atoms with van der Waals surface area (Å²) >= 11 is 0. The van der Waals surface area contributed by atoms with Gasteiger partial charge < -0.3 is 19.5 Å². The third kappa shape index (κ3) is 6.16. The van der Waals surface area contributed by atoms with Gasteiger partial charge in [0.25, 0.3) is 5.91 Å². The van der Waals surface area contributed by atoms with Crippen LogP contribution in [0, 0.1) is 0 Å². The first kappa shape index (κ1) is 23.8. The number of amides is 1. The molecule has 0 saturated heterocycles. The summed E-state index contributed by atoms with van der Waals surface area (Å²) in [6.07, 6.45) is -4.83. The molecule has 1 heterocycles. The Morgan fingerprint density at radius 2 is 1.71 bits per heavy atom. The molecule has 0 aliphatic heterocycles. The normalized spacial score (nSPS) is 11.5. The number of benzene rings is 3. The van der Waals surface area contributed by atoms with Gasteiger partial charge in [0.2, 0.25) is 0 Å². The number of para-hydroxylation sites is 1. The maximum atomic E-state index is 12.6. The highest BCUT2D eigenvalue weighted by Crippen LogP contribution is 2.28. The Morgan fingerprint density at radius 3 is 2.43 bits per heavy atom. The lowest BCUT2D eigenvalue weighted by Crippen LogP contribution is -2.17. The molecule has 0 fully saturated rings. The topological polar surface area (TPSA) is 85.5 Å². The highest BCUT2D eigenvalue weighted by atomic mass is 19.4. The number of rotatable bonds is 8. The summed E-state index contributed by atoms with van der Waals surface area (Å²) < 4.78 is 75.9. The molecule has 1 aromatic heterocycles. The van der Waals surface area contributed by atoms with Crippen LogP contribution in [0.2, 0.25) is 0 Å². The smallest absolute Gasteiger partial charge is 0.489 e. The molecule has 0 aliphatic rings. The van der Waals surface area contributed by atoms with Crippen molar-refractivity contribution in [1.82, 2.24) is 10.2 Å². The van der Waals surface area contributed by atoms with Crippen LogP contribution in [-0.4, -0.2) is 29.1 Å². The molecule has 4 aromatic rings. The molecule has 0 unspecified atom stereocenters. The van der Waals surface area contributed by atoms with Crippen LogP contribution < -0.4 is 19.5 Å². The standard InChI is InChI=1S/C23H16F5N3O4/c24-22(25)34-19-4-2-1-3-14(19)12-33-16-9-10-17-18(11-16)30-31-20(17)29-21(32)13-5-7-15(8-6-13)35-23(26,27)28/h1-11,22H,12H2,(H2,29,30,31,32). The van der Waals surface area contributed by atoms with Crippen molar-refractivity contribution in [3.05, 3.63) is 77.9 Å². The van der Waals surface area contributed by atoms with Crippen molar-refractivity contribution < 1.29 is 41.0 Å². The molecule has 182 valence electrons. The van der Waals surface area contributed by atoms with E-state index in [2.05, 4.69) is 25.0 Å². The number of H-pyrrole nitrogens is 1. The maximum absolute atomic E-state index is 12.6. The minimum atomic E-state index is -4.83. The summed E-state index contributed by atoms with van der Waals surface area (Å²) in [5.41, 5.74) is 1.04. The van der Waals surface area contributed by atoms with E-state index in [4.69, 9.17) is 4.74 Å². The zero-order valence-electron chi connectivity index (χ0n) is 17.6. The van der Waals surface area contributed by atoms with Gasteiger partial charge in [-0.2, -0.15) is 13.9 Å². The Hall–Kier alpha value is -4.35. The number of halogens is 5. The number of ether oxygens (including phenoxy) is 3. The number of alkyl halides is 5. The fraction of sp³-hybridized carbons (Fsp3) is 0.130. The average molecular weight is 493 g/mol. The number of carbonyl (C=O) groups excluding carboxylic acids is 1. The van der Waals surface area contributed by atoms with Gasteiger partial charge in [-0.1, -0.05) is 18.2 Å². The SMILES string of the molecule is O=C(Nc1n[nH]c2cc(OCc3ccccc3OC(F)F)ccc12)c1ccc(OC(F)(F)F)cc1. The number of aromatic amines is 1. The van der Waals surface area contributed by atoms with Gasteiger partial charge in [0, 0.05) is 22.6 Å². The lowest BCUT2D eigenvalue weighted by Gasteiger charge is -2.11. The summed E-state index contributed by atoms with van der Waals surface area (Å²) in [7, 11) is 0. The Kier molecular flexibility index (Phi) is 6.71. The minimum absolute atomic E-state index is 0.00752. The number of aromatic nitrogens is 2. The van der Waals surface area contributed by atoms with Gasteiger partial charge in [-0.05, 0) is 42.5 Å². The second-order valence-electron chi connectivity index (χ2n) is 7.08. The van der Waals surface area contributed by atoms with Gasteiger partial charge in [-0.25, -0.2) is 0 Å². The molecule has 0 atom stereocenters. The third-order valence-corrected chi connectivity index (χ3v) is 4.70. The molecule has 35 heavy (non-hydrogen) atoms. The van der Waals surface area contributed by atoms with Crippen molar-refractivity contribution >= 4 is 22.6 Å². The van der Waals surface area contributed by atoms with Gasteiger partial charge in [-0.3, -0.25) is 9.89 Å². The second kappa shape index (κ2) is 9.87. The molecule has 12 heteroatoms. The van der Waals surface area contributed by atoms with E-state index < -0.39 is 24.6 Å². The molecule has 7 nitrogen and oxygen atoms in total. The number of fused-ring (bicyclic) bond motifs is 1. The van der Waals surface area contributed by atoms with Crippen LogP contribution in [0.5, 0.6) is 17.2 Å². The quantitative estimate of drug-likeness (QED) is 0.299. The first-order valence-corrected chi connectivity index (χ1v) is 9.99. The molecule has 4 rings (SSSR count). The Labute approximate surface area is 194 Å². The number of hydrogen-bond donors (Lipinski definition) is 2. The highest BCUT2D eigenvalue weighted by Gasteiger charge is 2.31. The zero-order valence-corrected chi connectivity index (χ0v) is 17.6. The fourth-order valence-corrected chi connectivity index (χ4v) is 3.17. The van der Waals surface area contributed by atoms with Crippen molar-refractivity contribution in [2.75, 3.05) is 5.32 Å². The van der Waals surface area contributed by atoms with Crippen LogP contribution in [0.1, 0.15) is 15.9 Å². The molecular weight excluding hydrogens is 477 g/mol. The molecule has 0 spiro atoms.